The van der Waals surface area contributed by atoms with Crippen molar-refractivity contribution in [2.45, 2.75) is 39.2 Å². The Balaban J connectivity index is 1.82. The Kier molecular flexibility index (Phi) is 7.52. The molecular formula is C18H32N4OS. The van der Waals surface area contributed by atoms with E-state index in [0.29, 0.717) is 6.54 Å². The number of aliphatic hydroxyl groups is 1. The third-order valence-corrected chi connectivity index (χ3v) is 5.53. The highest BCUT2D eigenvalue weighted by molar-refractivity contribution is 7.10. The van der Waals surface area contributed by atoms with Gasteiger partial charge in [-0.15, -0.1) is 11.3 Å². The van der Waals surface area contributed by atoms with Crippen molar-refractivity contribution < 1.29 is 5.11 Å². The topological polar surface area (TPSA) is 59.9 Å². The number of hydrogen-bond donors (Lipinski definition) is 3. The zero-order chi connectivity index (χ0) is 17.4. The molecule has 1 saturated heterocycles. The molecule has 2 unspecified atom stereocenters. The maximum absolute atomic E-state index is 10.6. The molecule has 24 heavy (non-hydrogen) atoms. The summed E-state index contributed by atoms with van der Waals surface area (Å²) >= 11 is 1.56. The van der Waals surface area contributed by atoms with Crippen molar-refractivity contribution in [2.24, 2.45) is 10.9 Å². The maximum atomic E-state index is 10.6. The van der Waals surface area contributed by atoms with Crippen molar-refractivity contribution in [3.8, 4) is 0 Å². The van der Waals surface area contributed by atoms with Gasteiger partial charge in [0.25, 0.3) is 0 Å². The minimum Gasteiger partial charge on any atom is -0.383 e. The van der Waals surface area contributed by atoms with Crippen molar-refractivity contribution in [2.75, 3.05) is 39.3 Å². The van der Waals surface area contributed by atoms with Crippen LogP contribution in [0.4, 0.5) is 0 Å². The molecule has 0 radical (unpaired) electrons. The molecule has 1 aromatic heterocycles. The fraction of sp³-hybridized carbons (Fsp3) is 0.722. The molecule has 2 heterocycles. The molecule has 0 aromatic carbocycles. The molecule has 2 rings (SSSR count). The van der Waals surface area contributed by atoms with Gasteiger partial charge in [-0.25, -0.2) is 4.99 Å². The van der Waals surface area contributed by atoms with E-state index in [0.717, 1.165) is 36.4 Å². The molecule has 6 heteroatoms. The molecule has 1 aliphatic heterocycles. The Morgan fingerprint density at radius 3 is 3.00 bits per heavy atom. The minimum absolute atomic E-state index is 0.351. The molecule has 0 aliphatic carbocycles. The summed E-state index contributed by atoms with van der Waals surface area (Å²) in [4.78, 5) is 8.04. The van der Waals surface area contributed by atoms with Gasteiger partial charge in [-0.2, -0.15) is 0 Å². The SMILES string of the molecule is CCNC(=NCC(C)(O)c1cccs1)NCCN1CCCC(C)C1. The standard InChI is InChI=1S/C18H32N4OS/c1-4-19-17(20-9-11-22-10-5-7-15(2)13-22)21-14-18(3,23)16-8-6-12-24-16/h6,8,12,15,23H,4-5,7,9-11,13-14H2,1-3H3,(H2,19,20,21). The molecule has 5 nitrogen and oxygen atoms in total. The summed E-state index contributed by atoms with van der Waals surface area (Å²) in [5, 5.41) is 19.2. The summed E-state index contributed by atoms with van der Waals surface area (Å²) in [5.41, 5.74) is -0.918. The Morgan fingerprint density at radius 1 is 1.50 bits per heavy atom. The van der Waals surface area contributed by atoms with Gasteiger partial charge in [0.1, 0.15) is 5.60 Å². The lowest BCUT2D eigenvalue weighted by atomic mass is 10.0. The Hall–Kier alpha value is -1.11. The summed E-state index contributed by atoms with van der Waals surface area (Å²) in [7, 11) is 0. The molecule has 2 atom stereocenters. The number of piperidine rings is 1. The predicted octanol–water partition coefficient (Wildman–Crippen LogP) is 2.24. The van der Waals surface area contributed by atoms with Crippen molar-refractivity contribution in [1.82, 2.24) is 15.5 Å². The smallest absolute Gasteiger partial charge is 0.191 e. The van der Waals surface area contributed by atoms with Crippen LogP contribution in [0.2, 0.25) is 0 Å². The highest BCUT2D eigenvalue weighted by Gasteiger charge is 2.24. The number of nitrogens with zero attached hydrogens (tertiary/aromatic N) is 2. The first kappa shape index (κ1) is 19.2. The molecule has 0 bridgehead atoms. The fourth-order valence-electron chi connectivity index (χ4n) is 3.06. The molecule has 136 valence electrons. The lowest BCUT2D eigenvalue weighted by Gasteiger charge is -2.31. The van der Waals surface area contributed by atoms with Crippen molar-refractivity contribution >= 4 is 17.3 Å². The van der Waals surface area contributed by atoms with Crippen molar-refractivity contribution in [3.63, 3.8) is 0 Å². The lowest BCUT2D eigenvalue weighted by molar-refractivity contribution is 0.0711. The number of thiophene rings is 1. The highest BCUT2D eigenvalue weighted by atomic mass is 32.1. The number of likely N-dealkylation sites (tertiary alicyclic amines) is 1. The van der Waals surface area contributed by atoms with Gasteiger partial charge >= 0.3 is 0 Å². The van der Waals surface area contributed by atoms with Gasteiger partial charge in [-0.3, -0.25) is 0 Å². The van der Waals surface area contributed by atoms with E-state index in [1.807, 2.05) is 24.4 Å². The van der Waals surface area contributed by atoms with Crippen LogP contribution in [0.25, 0.3) is 0 Å². The van der Waals surface area contributed by atoms with Crippen molar-refractivity contribution in [1.29, 1.82) is 0 Å². The van der Waals surface area contributed by atoms with Crippen LogP contribution in [0.1, 0.15) is 38.5 Å². The second-order valence-corrected chi connectivity index (χ2v) is 7.87. The number of rotatable bonds is 7. The Bertz CT molecular complexity index is 501. The van der Waals surface area contributed by atoms with E-state index in [1.54, 1.807) is 11.3 Å². The molecule has 1 aliphatic rings. The number of aliphatic imine (C=N–C) groups is 1. The van der Waals surface area contributed by atoms with Gasteiger partial charge in [0.05, 0.1) is 6.54 Å². The fourth-order valence-corrected chi connectivity index (χ4v) is 3.84. The van der Waals surface area contributed by atoms with Crippen LogP contribution >= 0.6 is 11.3 Å². The zero-order valence-electron chi connectivity index (χ0n) is 15.2. The molecule has 3 N–H and O–H groups in total. The van der Waals surface area contributed by atoms with Gasteiger partial charge < -0.3 is 20.6 Å². The second kappa shape index (κ2) is 9.39. The first-order chi connectivity index (χ1) is 11.5. The van der Waals surface area contributed by atoms with E-state index >= 15 is 0 Å². The van der Waals surface area contributed by atoms with Gasteiger partial charge in [0.2, 0.25) is 0 Å². The third kappa shape index (κ3) is 6.07. The molecule has 0 amide bonds. The van der Waals surface area contributed by atoms with E-state index in [2.05, 4.69) is 34.4 Å². The van der Waals surface area contributed by atoms with Gasteiger partial charge in [0.15, 0.2) is 5.96 Å². The molecule has 1 aromatic rings. The average molecular weight is 353 g/mol. The lowest BCUT2D eigenvalue weighted by Crippen LogP contribution is -2.44. The first-order valence-corrected chi connectivity index (χ1v) is 9.90. The monoisotopic (exact) mass is 352 g/mol. The molecular weight excluding hydrogens is 320 g/mol. The zero-order valence-corrected chi connectivity index (χ0v) is 16.0. The van der Waals surface area contributed by atoms with Gasteiger partial charge in [-0.05, 0) is 50.6 Å². The first-order valence-electron chi connectivity index (χ1n) is 9.02. The van der Waals surface area contributed by atoms with Crippen LogP contribution < -0.4 is 10.6 Å². The third-order valence-electron chi connectivity index (χ3n) is 4.40. The van der Waals surface area contributed by atoms with Crippen molar-refractivity contribution in [3.05, 3.63) is 22.4 Å². The minimum atomic E-state index is -0.918. The van der Waals surface area contributed by atoms with Gasteiger partial charge in [0, 0.05) is 31.1 Å². The summed E-state index contributed by atoms with van der Waals surface area (Å²) < 4.78 is 0. The van der Waals surface area contributed by atoms with E-state index in [-0.39, 0.29) is 0 Å². The van der Waals surface area contributed by atoms with Crippen LogP contribution in [0.5, 0.6) is 0 Å². The quantitative estimate of drug-likeness (QED) is 0.520. The molecule has 0 saturated carbocycles. The van der Waals surface area contributed by atoms with Crippen LogP contribution in [0.15, 0.2) is 22.5 Å². The molecule has 0 spiro atoms. The number of guanidine groups is 1. The van der Waals surface area contributed by atoms with E-state index in [9.17, 15) is 5.11 Å². The molecule has 1 fully saturated rings. The predicted molar refractivity (Wildman–Crippen MR) is 103 cm³/mol. The Morgan fingerprint density at radius 2 is 2.33 bits per heavy atom. The summed E-state index contributed by atoms with van der Waals surface area (Å²) in [5.74, 6) is 1.58. The van der Waals surface area contributed by atoms with Crippen LogP contribution in [-0.4, -0.2) is 55.2 Å². The number of hydrogen-bond acceptors (Lipinski definition) is 4. The van der Waals surface area contributed by atoms with E-state index < -0.39 is 5.60 Å². The van der Waals surface area contributed by atoms with Gasteiger partial charge in [-0.1, -0.05) is 13.0 Å². The number of nitrogens with one attached hydrogen (secondary N) is 2. The largest absolute Gasteiger partial charge is 0.383 e. The van der Waals surface area contributed by atoms with Crippen LogP contribution in [-0.2, 0) is 5.60 Å². The summed E-state index contributed by atoms with van der Waals surface area (Å²) in [6, 6.07) is 3.92. The normalized spacial score (nSPS) is 22.2. The maximum Gasteiger partial charge on any atom is 0.191 e. The van der Waals surface area contributed by atoms with E-state index in [1.165, 1.54) is 25.9 Å². The summed E-state index contributed by atoms with van der Waals surface area (Å²) in [6.45, 7) is 11.7. The Labute approximate surface area is 150 Å². The highest BCUT2D eigenvalue weighted by Crippen LogP contribution is 2.25. The summed E-state index contributed by atoms with van der Waals surface area (Å²) in [6.07, 6.45) is 2.66. The van der Waals surface area contributed by atoms with E-state index in [4.69, 9.17) is 0 Å². The average Bonchev–Trinajstić information content (AvgIpc) is 3.08. The van der Waals surface area contributed by atoms with Crippen LogP contribution in [0.3, 0.4) is 0 Å². The second-order valence-electron chi connectivity index (χ2n) is 6.92. The van der Waals surface area contributed by atoms with Crippen LogP contribution in [0, 0.1) is 5.92 Å².